The molecule has 0 aliphatic rings. The van der Waals surface area contributed by atoms with Gasteiger partial charge >= 0.3 is 12.2 Å². The summed E-state index contributed by atoms with van der Waals surface area (Å²) >= 11 is 0. The summed E-state index contributed by atoms with van der Waals surface area (Å²) in [5.41, 5.74) is -1.49. The molecule has 0 fully saturated rings. The van der Waals surface area contributed by atoms with E-state index in [0.29, 0.717) is 19.1 Å². The molecule has 0 aromatic carbocycles. The van der Waals surface area contributed by atoms with Crippen molar-refractivity contribution in [3.8, 4) is 0 Å². The lowest BCUT2D eigenvalue weighted by Crippen LogP contribution is -2.44. The summed E-state index contributed by atoms with van der Waals surface area (Å²) in [5.74, 6) is 0. The number of amides is 2. The number of ether oxygens (including phenoxy) is 4. The lowest BCUT2D eigenvalue weighted by Gasteiger charge is -2.28. The fraction of sp³-hybridized carbons (Fsp3) is 0.824. The van der Waals surface area contributed by atoms with Crippen LogP contribution in [0, 0.1) is 0 Å². The van der Waals surface area contributed by atoms with E-state index in [9.17, 15) is 14.4 Å². The van der Waals surface area contributed by atoms with Crippen LogP contribution in [0.3, 0.4) is 0 Å². The van der Waals surface area contributed by atoms with Crippen LogP contribution in [0.5, 0.6) is 0 Å². The Morgan fingerprint density at radius 2 is 1.48 bits per heavy atom. The summed E-state index contributed by atoms with van der Waals surface area (Å²) < 4.78 is 20.4. The highest BCUT2D eigenvalue weighted by molar-refractivity contribution is 5.88. The van der Waals surface area contributed by atoms with Gasteiger partial charge in [-0.05, 0) is 54.4 Å². The molecule has 0 aromatic heterocycles. The highest BCUT2D eigenvalue weighted by atomic mass is 16.7. The highest BCUT2D eigenvalue weighted by Crippen LogP contribution is 2.15. The Bertz CT molecular complexity index is 409. The lowest BCUT2D eigenvalue weighted by atomic mass is 10.2. The van der Waals surface area contributed by atoms with Gasteiger partial charge in [0, 0.05) is 13.7 Å². The average Bonchev–Trinajstić information content (AvgIpc) is 2.42. The summed E-state index contributed by atoms with van der Waals surface area (Å²) in [6, 6.07) is 0. The molecule has 0 bridgehead atoms. The van der Waals surface area contributed by atoms with E-state index in [1.165, 1.54) is 7.11 Å². The average molecular weight is 361 g/mol. The SMILES string of the molecule is COCO[C@H](C=O)CCCN(C(=O)OC(C)(C)C)C(=O)OC(C)(C)C. The van der Waals surface area contributed by atoms with Crippen molar-refractivity contribution in [2.24, 2.45) is 0 Å². The van der Waals surface area contributed by atoms with Crippen LogP contribution in [0.25, 0.3) is 0 Å². The topological polar surface area (TPSA) is 91.4 Å². The Balaban J connectivity index is 4.86. The number of rotatable bonds is 8. The van der Waals surface area contributed by atoms with Crippen molar-refractivity contribution in [1.82, 2.24) is 4.90 Å². The van der Waals surface area contributed by atoms with Crippen molar-refractivity contribution >= 4 is 18.5 Å². The summed E-state index contributed by atoms with van der Waals surface area (Å²) in [4.78, 5) is 36.4. The van der Waals surface area contributed by atoms with E-state index in [0.717, 1.165) is 4.90 Å². The number of aldehydes is 1. The number of carbonyl (C=O) groups excluding carboxylic acids is 3. The van der Waals surface area contributed by atoms with Crippen molar-refractivity contribution in [1.29, 1.82) is 0 Å². The molecule has 8 nitrogen and oxygen atoms in total. The molecule has 0 radical (unpaired) electrons. The van der Waals surface area contributed by atoms with Crippen LogP contribution in [-0.4, -0.2) is 61.1 Å². The molecule has 0 saturated carbocycles. The number of imide groups is 1. The fourth-order valence-electron chi connectivity index (χ4n) is 1.69. The molecule has 0 aromatic rings. The van der Waals surface area contributed by atoms with Crippen LogP contribution in [0.4, 0.5) is 9.59 Å². The van der Waals surface area contributed by atoms with Gasteiger partial charge < -0.3 is 23.7 Å². The molecule has 0 aliphatic carbocycles. The predicted octanol–water partition coefficient (Wildman–Crippen LogP) is 3.13. The molecule has 2 amide bonds. The molecule has 1 atom stereocenters. The Labute approximate surface area is 149 Å². The van der Waals surface area contributed by atoms with E-state index >= 15 is 0 Å². The van der Waals surface area contributed by atoms with Crippen LogP contribution >= 0.6 is 0 Å². The summed E-state index contributed by atoms with van der Waals surface area (Å²) in [7, 11) is 1.45. The number of methoxy groups -OCH3 is 1. The smallest absolute Gasteiger partial charge is 0.419 e. The first-order valence-corrected chi connectivity index (χ1v) is 8.19. The van der Waals surface area contributed by atoms with Crippen LogP contribution in [0.2, 0.25) is 0 Å². The summed E-state index contributed by atoms with van der Waals surface area (Å²) in [6.45, 7) is 10.3. The van der Waals surface area contributed by atoms with Gasteiger partial charge in [0.25, 0.3) is 0 Å². The van der Waals surface area contributed by atoms with Crippen molar-refractivity contribution in [2.75, 3.05) is 20.4 Å². The first kappa shape index (κ1) is 23.3. The van der Waals surface area contributed by atoms with E-state index in [4.69, 9.17) is 18.9 Å². The van der Waals surface area contributed by atoms with E-state index in [1.54, 1.807) is 41.5 Å². The van der Waals surface area contributed by atoms with E-state index in [2.05, 4.69) is 0 Å². The van der Waals surface area contributed by atoms with Gasteiger partial charge in [-0.2, -0.15) is 0 Å². The Morgan fingerprint density at radius 1 is 1.00 bits per heavy atom. The normalized spacial score (nSPS) is 13.1. The molecule has 0 aliphatic heterocycles. The maximum Gasteiger partial charge on any atom is 0.419 e. The standard InChI is InChI=1S/C17H31NO7/c1-16(2,3)24-14(20)18(15(21)25-17(4,5)6)10-8-9-13(11-19)23-12-22-7/h11,13H,8-10,12H2,1-7H3/t13-/m0/s1. The maximum absolute atomic E-state index is 12.3. The minimum absolute atomic E-state index is 0.00868. The fourth-order valence-corrected chi connectivity index (χ4v) is 1.69. The van der Waals surface area contributed by atoms with Gasteiger partial charge in [-0.25, -0.2) is 14.5 Å². The Kier molecular flexibility index (Phi) is 9.66. The molecule has 0 spiro atoms. The lowest BCUT2D eigenvalue weighted by molar-refractivity contribution is -0.128. The molecular formula is C17H31NO7. The van der Waals surface area contributed by atoms with Gasteiger partial charge in [0.15, 0.2) is 0 Å². The number of carbonyl (C=O) groups is 3. The van der Waals surface area contributed by atoms with Gasteiger partial charge in [0.1, 0.15) is 30.4 Å². The van der Waals surface area contributed by atoms with Gasteiger partial charge in [0.05, 0.1) is 0 Å². The molecule has 0 rings (SSSR count). The monoisotopic (exact) mass is 361 g/mol. The third kappa shape index (κ3) is 11.5. The maximum atomic E-state index is 12.3. The molecule has 0 N–H and O–H groups in total. The van der Waals surface area contributed by atoms with Crippen LogP contribution in [-0.2, 0) is 23.7 Å². The second kappa shape index (κ2) is 10.4. The zero-order valence-electron chi connectivity index (χ0n) is 16.3. The molecule has 146 valence electrons. The number of hydrogen-bond acceptors (Lipinski definition) is 7. The largest absolute Gasteiger partial charge is 0.443 e. The number of nitrogens with zero attached hydrogens (tertiary/aromatic N) is 1. The predicted molar refractivity (Wildman–Crippen MR) is 91.2 cm³/mol. The zero-order chi connectivity index (χ0) is 19.7. The van der Waals surface area contributed by atoms with Crippen molar-refractivity contribution in [3.63, 3.8) is 0 Å². The minimum atomic E-state index is -0.790. The van der Waals surface area contributed by atoms with Crippen molar-refractivity contribution < 1.29 is 33.3 Å². The quantitative estimate of drug-likeness (QED) is 0.484. The molecular weight excluding hydrogens is 330 g/mol. The third-order valence-corrected chi connectivity index (χ3v) is 2.65. The molecule has 8 heteroatoms. The van der Waals surface area contributed by atoms with E-state index in [-0.39, 0.29) is 13.3 Å². The first-order valence-electron chi connectivity index (χ1n) is 8.19. The molecule has 0 saturated heterocycles. The Morgan fingerprint density at radius 3 is 1.84 bits per heavy atom. The highest BCUT2D eigenvalue weighted by Gasteiger charge is 2.30. The first-order chi connectivity index (χ1) is 11.4. The van der Waals surface area contributed by atoms with Crippen molar-refractivity contribution in [3.05, 3.63) is 0 Å². The van der Waals surface area contributed by atoms with E-state index in [1.807, 2.05) is 0 Å². The van der Waals surface area contributed by atoms with Crippen LogP contribution in [0.1, 0.15) is 54.4 Å². The molecule has 0 unspecified atom stereocenters. The van der Waals surface area contributed by atoms with Crippen LogP contribution in [0.15, 0.2) is 0 Å². The van der Waals surface area contributed by atoms with Gasteiger partial charge in [-0.15, -0.1) is 0 Å². The van der Waals surface area contributed by atoms with Crippen LogP contribution < -0.4 is 0 Å². The number of hydrogen-bond donors (Lipinski definition) is 0. The second-order valence-corrected chi connectivity index (χ2v) is 7.50. The van der Waals surface area contributed by atoms with E-state index < -0.39 is 29.5 Å². The summed E-state index contributed by atoms with van der Waals surface area (Å²) in [6.07, 6.45) is -0.909. The van der Waals surface area contributed by atoms with Gasteiger partial charge in [0.2, 0.25) is 0 Å². The minimum Gasteiger partial charge on any atom is -0.443 e. The summed E-state index contributed by atoms with van der Waals surface area (Å²) in [5, 5.41) is 0. The second-order valence-electron chi connectivity index (χ2n) is 7.50. The zero-order valence-corrected chi connectivity index (χ0v) is 16.3. The van der Waals surface area contributed by atoms with Crippen molar-refractivity contribution in [2.45, 2.75) is 71.7 Å². The Hall–Kier alpha value is -1.67. The molecule has 25 heavy (non-hydrogen) atoms. The van der Waals surface area contributed by atoms with Gasteiger partial charge in [-0.1, -0.05) is 0 Å². The molecule has 0 heterocycles. The third-order valence-electron chi connectivity index (χ3n) is 2.65. The van der Waals surface area contributed by atoms with Gasteiger partial charge in [-0.3, -0.25) is 0 Å².